The molecule has 3 nitrogen and oxygen atoms in total. The Hall–Kier alpha value is -0.830. The number of aromatic nitrogens is 2. The molecular weight excluding hydrogens is 258 g/mol. The van der Waals surface area contributed by atoms with Gasteiger partial charge in [-0.1, -0.05) is 65.2 Å². The molecule has 0 radical (unpaired) electrons. The van der Waals surface area contributed by atoms with Crippen LogP contribution < -0.4 is 5.32 Å². The number of rotatable bonds is 13. The Balaban J connectivity index is 2.20. The standard InChI is InChI=1S/C18H35N3/c1-4-6-7-8-9-10-11-12-13-17(19-15-5-2)18-14-16-20-21(18)3/h14,16-17,19H,4-13,15H2,1-3H3. The van der Waals surface area contributed by atoms with Crippen molar-refractivity contribution in [2.24, 2.45) is 7.05 Å². The molecule has 1 atom stereocenters. The van der Waals surface area contributed by atoms with E-state index in [1.807, 2.05) is 17.9 Å². The van der Waals surface area contributed by atoms with E-state index in [9.17, 15) is 0 Å². The molecule has 1 aromatic heterocycles. The van der Waals surface area contributed by atoms with Crippen molar-refractivity contribution in [3.8, 4) is 0 Å². The van der Waals surface area contributed by atoms with Gasteiger partial charge in [-0.05, 0) is 25.5 Å². The fourth-order valence-corrected chi connectivity index (χ4v) is 2.88. The molecule has 1 heterocycles. The van der Waals surface area contributed by atoms with Crippen molar-refractivity contribution >= 4 is 0 Å². The number of nitrogens with one attached hydrogen (secondary N) is 1. The fourth-order valence-electron chi connectivity index (χ4n) is 2.88. The van der Waals surface area contributed by atoms with Gasteiger partial charge >= 0.3 is 0 Å². The summed E-state index contributed by atoms with van der Waals surface area (Å²) in [6, 6.07) is 2.62. The van der Waals surface area contributed by atoms with E-state index in [0.717, 1.165) is 6.54 Å². The van der Waals surface area contributed by atoms with E-state index in [4.69, 9.17) is 0 Å². The van der Waals surface area contributed by atoms with Crippen LogP contribution in [0.2, 0.25) is 0 Å². The second-order valence-corrected chi connectivity index (χ2v) is 6.15. The average molecular weight is 293 g/mol. The molecule has 3 heteroatoms. The van der Waals surface area contributed by atoms with Gasteiger partial charge in [-0.2, -0.15) is 5.10 Å². The van der Waals surface area contributed by atoms with Crippen LogP contribution in [0.3, 0.4) is 0 Å². The predicted molar refractivity (Wildman–Crippen MR) is 91.5 cm³/mol. The van der Waals surface area contributed by atoms with Gasteiger partial charge in [-0.3, -0.25) is 4.68 Å². The van der Waals surface area contributed by atoms with Crippen LogP contribution in [0.5, 0.6) is 0 Å². The molecule has 0 bridgehead atoms. The SMILES string of the molecule is CCCCCCCCCCC(NCCC)c1ccnn1C. The fraction of sp³-hybridized carbons (Fsp3) is 0.833. The van der Waals surface area contributed by atoms with Crippen LogP contribution in [0.15, 0.2) is 12.3 Å². The molecule has 1 rings (SSSR count). The molecule has 0 saturated carbocycles. The Morgan fingerprint density at radius 1 is 1.00 bits per heavy atom. The van der Waals surface area contributed by atoms with E-state index in [0.29, 0.717) is 6.04 Å². The van der Waals surface area contributed by atoms with Gasteiger partial charge in [-0.15, -0.1) is 0 Å². The molecule has 0 aromatic carbocycles. The number of unbranched alkanes of at least 4 members (excludes halogenated alkanes) is 7. The lowest BCUT2D eigenvalue weighted by atomic mass is 10.0. The predicted octanol–water partition coefficient (Wildman–Crippen LogP) is 4.99. The zero-order valence-electron chi connectivity index (χ0n) is 14.4. The van der Waals surface area contributed by atoms with E-state index in [1.54, 1.807) is 0 Å². The highest BCUT2D eigenvalue weighted by Crippen LogP contribution is 2.20. The maximum absolute atomic E-state index is 4.31. The molecule has 0 aliphatic rings. The van der Waals surface area contributed by atoms with Crippen LogP contribution in [0.1, 0.15) is 89.8 Å². The smallest absolute Gasteiger partial charge is 0.0550 e. The molecule has 0 aliphatic carbocycles. The van der Waals surface area contributed by atoms with Gasteiger partial charge < -0.3 is 5.32 Å². The maximum Gasteiger partial charge on any atom is 0.0550 e. The Kier molecular flexibility index (Phi) is 10.2. The Bertz CT molecular complexity index is 346. The highest BCUT2D eigenvalue weighted by Gasteiger charge is 2.13. The average Bonchev–Trinajstić information content (AvgIpc) is 2.91. The number of aryl methyl sites for hydroxylation is 1. The van der Waals surface area contributed by atoms with Gasteiger partial charge in [0.25, 0.3) is 0 Å². The van der Waals surface area contributed by atoms with Crippen LogP contribution in [0.4, 0.5) is 0 Å². The van der Waals surface area contributed by atoms with Crippen LogP contribution in [-0.4, -0.2) is 16.3 Å². The normalized spacial score (nSPS) is 12.7. The van der Waals surface area contributed by atoms with Crippen LogP contribution in [0.25, 0.3) is 0 Å². The summed E-state index contributed by atoms with van der Waals surface area (Å²) >= 11 is 0. The first kappa shape index (κ1) is 18.2. The summed E-state index contributed by atoms with van der Waals surface area (Å²) < 4.78 is 2.01. The molecule has 0 saturated heterocycles. The minimum absolute atomic E-state index is 0.470. The van der Waals surface area contributed by atoms with Gasteiger partial charge in [0.1, 0.15) is 0 Å². The third-order valence-electron chi connectivity index (χ3n) is 4.20. The first-order valence-electron chi connectivity index (χ1n) is 9.00. The van der Waals surface area contributed by atoms with Gasteiger partial charge in [0, 0.05) is 19.3 Å². The van der Waals surface area contributed by atoms with Gasteiger partial charge in [0.15, 0.2) is 0 Å². The largest absolute Gasteiger partial charge is 0.309 e. The molecule has 1 N–H and O–H groups in total. The molecular formula is C18H35N3. The first-order chi connectivity index (χ1) is 10.3. The third-order valence-corrected chi connectivity index (χ3v) is 4.20. The molecule has 0 amide bonds. The van der Waals surface area contributed by atoms with Crippen molar-refractivity contribution in [3.63, 3.8) is 0 Å². The summed E-state index contributed by atoms with van der Waals surface area (Å²) in [5.41, 5.74) is 1.33. The van der Waals surface area contributed by atoms with Crippen molar-refractivity contribution in [2.45, 2.75) is 84.1 Å². The van der Waals surface area contributed by atoms with Crippen molar-refractivity contribution in [2.75, 3.05) is 6.54 Å². The summed E-state index contributed by atoms with van der Waals surface area (Å²) in [6.45, 7) is 5.60. The Labute approximate surface area is 131 Å². The van der Waals surface area contributed by atoms with Gasteiger partial charge in [0.05, 0.1) is 5.69 Å². The second kappa shape index (κ2) is 11.8. The maximum atomic E-state index is 4.31. The number of hydrogen-bond donors (Lipinski definition) is 1. The summed E-state index contributed by atoms with van der Waals surface area (Å²) in [5, 5.41) is 7.98. The van der Waals surface area contributed by atoms with E-state index in [1.165, 1.54) is 69.9 Å². The zero-order chi connectivity index (χ0) is 15.3. The third kappa shape index (κ3) is 7.66. The number of hydrogen-bond acceptors (Lipinski definition) is 2. The molecule has 21 heavy (non-hydrogen) atoms. The van der Waals surface area contributed by atoms with Gasteiger partial charge in [0.2, 0.25) is 0 Å². The lowest BCUT2D eigenvalue weighted by Crippen LogP contribution is -2.24. The van der Waals surface area contributed by atoms with Gasteiger partial charge in [-0.25, -0.2) is 0 Å². The number of nitrogens with zero attached hydrogens (tertiary/aromatic N) is 2. The molecule has 0 spiro atoms. The zero-order valence-corrected chi connectivity index (χ0v) is 14.4. The minimum Gasteiger partial charge on any atom is -0.309 e. The lowest BCUT2D eigenvalue weighted by molar-refractivity contribution is 0.442. The first-order valence-corrected chi connectivity index (χ1v) is 9.00. The van der Waals surface area contributed by atoms with E-state index >= 15 is 0 Å². The Morgan fingerprint density at radius 2 is 1.67 bits per heavy atom. The highest BCUT2D eigenvalue weighted by atomic mass is 15.3. The molecule has 1 aromatic rings. The summed E-state index contributed by atoms with van der Waals surface area (Å²) in [6.07, 6.45) is 15.4. The van der Waals surface area contributed by atoms with Crippen molar-refractivity contribution in [1.29, 1.82) is 0 Å². The van der Waals surface area contributed by atoms with Crippen LogP contribution in [-0.2, 0) is 7.05 Å². The van der Waals surface area contributed by atoms with E-state index < -0.39 is 0 Å². The van der Waals surface area contributed by atoms with E-state index in [2.05, 4.69) is 30.3 Å². The Morgan fingerprint density at radius 3 is 2.24 bits per heavy atom. The highest BCUT2D eigenvalue weighted by molar-refractivity contribution is 5.06. The quantitative estimate of drug-likeness (QED) is 0.519. The van der Waals surface area contributed by atoms with Crippen molar-refractivity contribution in [1.82, 2.24) is 15.1 Å². The van der Waals surface area contributed by atoms with Crippen LogP contribution in [0, 0.1) is 0 Å². The lowest BCUT2D eigenvalue weighted by Gasteiger charge is -2.18. The molecule has 0 fully saturated rings. The molecule has 0 aliphatic heterocycles. The minimum atomic E-state index is 0.470. The van der Waals surface area contributed by atoms with Crippen molar-refractivity contribution < 1.29 is 0 Å². The summed E-state index contributed by atoms with van der Waals surface area (Å²) in [4.78, 5) is 0. The summed E-state index contributed by atoms with van der Waals surface area (Å²) in [7, 11) is 2.05. The van der Waals surface area contributed by atoms with Crippen LogP contribution >= 0.6 is 0 Å². The van der Waals surface area contributed by atoms with Crippen molar-refractivity contribution in [3.05, 3.63) is 18.0 Å². The molecule has 122 valence electrons. The monoisotopic (exact) mass is 293 g/mol. The molecule has 1 unspecified atom stereocenters. The topological polar surface area (TPSA) is 29.9 Å². The summed E-state index contributed by atoms with van der Waals surface area (Å²) in [5.74, 6) is 0. The van der Waals surface area contributed by atoms with E-state index in [-0.39, 0.29) is 0 Å². The second-order valence-electron chi connectivity index (χ2n) is 6.15.